The van der Waals surface area contributed by atoms with Crippen molar-refractivity contribution < 1.29 is 9.53 Å². The van der Waals surface area contributed by atoms with Gasteiger partial charge in [-0.3, -0.25) is 4.79 Å². The van der Waals surface area contributed by atoms with Gasteiger partial charge in [0.15, 0.2) is 5.78 Å². The Labute approximate surface area is 145 Å². The molecule has 0 atom stereocenters. The number of methoxy groups -OCH3 is 1. The van der Waals surface area contributed by atoms with Crippen LogP contribution in [0.4, 0.5) is 0 Å². The summed E-state index contributed by atoms with van der Waals surface area (Å²) < 4.78 is 5.57. The Morgan fingerprint density at radius 3 is 2.33 bits per heavy atom. The summed E-state index contributed by atoms with van der Waals surface area (Å²) in [7, 11) is 1.68. The van der Waals surface area contributed by atoms with Crippen LogP contribution in [-0.2, 0) is 10.2 Å². The smallest absolute Gasteiger partial charge is 0.178 e. The second-order valence-electron chi connectivity index (χ2n) is 8.38. The number of aryl methyl sites for hydroxylation is 1. The van der Waals surface area contributed by atoms with E-state index in [0.717, 1.165) is 28.0 Å². The van der Waals surface area contributed by atoms with E-state index >= 15 is 0 Å². The van der Waals surface area contributed by atoms with Crippen LogP contribution >= 0.6 is 0 Å². The van der Waals surface area contributed by atoms with Crippen LogP contribution in [-0.4, -0.2) is 12.9 Å². The fourth-order valence-corrected chi connectivity index (χ4v) is 3.87. The van der Waals surface area contributed by atoms with Crippen molar-refractivity contribution in [2.45, 2.75) is 60.3 Å². The van der Waals surface area contributed by atoms with E-state index in [1.54, 1.807) is 7.11 Å². The van der Waals surface area contributed by atoms with Crippen LogP contribution in [0.25, 0.3) is 5.57 Å². The summed E-state index contributed by atoms with van der Waals surface area (Å²) in [6, 6.07) is 4.26. The van der Waals surface area contributed by atoms with Crippen LogP contribution in [0.2, 0.25) is 0 Å². The van der Waals surface area contributed by atoms with Gasteiger partial charge in [0.2, 0.25) is 0 Å². The van der Waals surface area contributed by atoms with Crippen molar-refractivity contribution in [1.29, 1.82) is 5.26 Å². The number of hydrogen-bond donors (Lipinski definition) is 0. The van der Waals surface area contributed by atoms with Crippen molar-refractivity contribution in [1.82, 2.24) is 0 Å². The van der Waals surface area contributed by atoms with Crippen LogP contribution in [0, 0.1) is 30.6 Å². The number of benzene rings is 1. The lowest BCUT2D eigenvalue weighted by Crippen LogP contribution is -2.22. The van der Waals surface area contributed by atoms with Gasteiger partial charge < -0.3 is 4.74 Å². The number of allylic oxidation sites excluding steroid dienone is 2. The number of nitrogens with zero attached hydrogens (tertiary/aromatic N) is 1. The van der Waals surface area contributed by atoms with E-state index in [-0.39, 0.29) is 11.2 Å². The van der Waals surface area contributed by atoms with Crippen LogP contribution < -0.4 is 4.74 Å². The maximum atomic E-state index is 12.8. The summed E-state index contributed by atoms with van der Waals surface area (Å²) in [5, 5.41) is 9.70. The number of carbonyl (C=O) groups is 1. The van der Waals surface area contributed by atoms with E-state index in [9.17, 15) is 10.1 Å². The van der Waals surface area contributed by atoms with Crippen LogP contribution in [0.15, 0.2) is 11.6 Å². The molecule has 24 heavy (non-hydrogen) atoms. The van der Waals surface area contributed by atoms with E-state index in [1.807, 2.05) is 27.7 Å². The quantitative estimate of drug-likeness (QED) is 0.575. The summed E-state index contributed by atoms with van der Waals surface area (Å²) in [6.45, 7) is 14.0. The first-order valence-corrected chi connectivity index (χ1v) is 8.32. The Bertz CT molecular complexity index is 784. The first kappa shape index (κ1) is 18.3. The molecule has 0 saturated heterocycles. The minimum Gasteiger partial charge on any atom is -0.496 e. The molecular formula is C21H27NO2. The van der Waals surface area contributed by atoms with E-state index in [4.69, 9.17) is 4.74 Å². The lowest BCUT2D eigenvalue weighted by atomic mass is 9.82. The second kappa shape index (κ2) is 5.77. The van der Waals surface area contributed by atoms with Crippen molar-refractivity contribution in [2.75, 3.05) is 7.11 Å². The molecule has 2 rings (SSSR count). The minimum absolute atomic E-state index is 0.0882. The SMILES string of the molecule is COc1c(C)cc2c(c1C)C(C)(C)C/C2=C(/C#N)C(=O)C(C)(C)C. The highest BCUT2D eigenvalue weighted by Gasteiger charge is 2.40. The molecule has 0 heterocycles. The zero-order valence-corrected chi connectivity index (χ0v) is 16.0. The molecule has 0 unspecified atom stereocenters. The molecule has 0 spiro atoms. The molecule has 0 radical (unpaired) electrons. The first-order valence-electron chi connectivity index (χ1n) is 8.32. The minimum atomic E-state index is -0.568. The maximum absolute atomic E-state index is 12.8. The molecule has 1 aromatic rings. The molecule has 0 aliphatic heterocycles. The predicted octanol–water partition coefficient (Wildman–Crippen LogP) is 4.89. The van der Waals surface area contributed by atoms with Crippen LogP contribution in [0.5, 0.6) is 5.75 Å². The predicted molar refractivity (Wildman–Crippen MR) is 97.1 cm³/mol. The molecule has 0 bridgehead atoms. The number of fused-ring (bicyclic) bond motifs is 1. The molecule has 1 aliphatic rings. The zero-order valence-electron chi connectivity index (χ0n) is 16.0. The molecule has 3 heteroatoms. The third kappa shape index (κ3) is 2.75. The lowest BCUT2D eigenvalue weighted by Gasteiger charge is -2.23. The van der Waals surface area contributed by atoms with Crippen LogP contribution in [0.1, 0.15) is 63.3 Å². The molecule has 3 nitrogen and oxygen atoms in total. The van der Waals surface area contributed by atoms with Crippen molar-refractivity contribution in [3.05, 3.63) is 33.9 Å². The fraction of sp³-hybridized carbons (Fsp3) is 0.524. The monoisotopic (exact) mass is 325 g/mol. The largest absolute Gasteiger partial charge is 0.496 e. The first-order chi connectivity index (χ1) is 11.0. The highest BCUT2D eigenvalue weighted by Crippen LogP contribution is 2.51. The van der Waals surface area contributed by atoms with Gasteiger partial charge in [-0.2, -0.15) is 5.26 Å². The lowest BCUT2D eigenvalue weighted by molar-refractivity contribution is -0.122. The van der Waals surface area contributed by atoms with Gasteiger partial charge in [-0.25, -0.2) is 0 Å². The van der Waals surface area contributed by atoms with Crippen molar-refractivity contribution >= 4 is 11.4 Å². The second-order valence-corrected chi connectivity index (χ2v) is 8.38. The molecule has 0 amide bonds. The van der Waals surface area contributed by atoms with E-state index < -0.39 is 5.41 Å². The van der Waals surface area contributed by atoms with Crippen molar-refractivity contribution in [2.24, 2.45) is 5.41 Å². The summed E-state index contributed by atoms with van der Waals surface area (Å²) in [5.74, 6) is 0.804. The summed E-state index contributed by atoms with van der Waals surface area (Å²) in [5.41, 5.74) is 4.85. The third-order valence-corrected chi connectivity index (χ3v) is 4.85. The van der Waals surface area contributed by atoms with Gasteiger partial charge in [0.05, 0.1) is 12.7 Å². The Balaban J connectivity index is 2.84. The Hall–Kier alpha value is -2.08. The summed E-state index contributed by atoms with van der Waals surface area (Å²) >= 11 is 0. The van der Waals surface area contributed by atoms with E-state index in [1.165, 1.54) is 5.56 Å². The van der Waals surface area contributed by atoms with Gasteiger partial charge in [-0.05, 0) is 59.6 Å². The summed E-state index contributed by atoms with van der Waals surface area (Å²) in [4.78, 5) is 12.8. The number of rotatable bonds is 2. The number of ketones is 1. The number of carbonyl (C=O) groups excluding carboxylic acids is 1. The molecule has 0 fully saturated rings. The highest BCUT2D eigenvalue weighted by atomic mass is 16.5. The number of Topliss-reactive ketones (excluding diaryl/α,β-unsaturated/α-hetero) is 1. The van der Waals surface area contributed by atoms with Crippen LogP contribution in [0.3, 0.4) is 0 Å². The van der Waals surface area contributed by atoms with Gasteiger partial charge in [-0.15, -0.1) is 0 Å². The number of ether oxygens (including phenoxy) is 1. The van der Waals surface area contributed by atoms with Gasteiger partial charge in [0, 0.05) is 5.41 Å². The Kier molecular flexibility index (Phi) is 4.39. The topological polar surface area (TPSA) is 50.1 Å². The number of hydrogen-bond acceptors (Lipinski definition) is 3. The van der Waals surface area contributed by atoms with Gasteiger partial charge in [-0.1, -0.05) is 34.6 Å². The molecule has 0 aromatic heterocycles. The van der Waals surface area contributed by atoms with E-state index in [2.05, 4.69) is 32.9 Å². The average Bonchev–Trinajstić information content (AvgIpc) is 2.70. The molecule has 1 aliphatic carbocycles. The highest BCUT2D eigenvalue weighted by molar-refractivity contribution is 6.10. The Morgan fingerprint density at radius 1 is 1.29 bits per heavy atom. The Morgan fingerprint density at radius 2 is 1.88 bits per heavy atom. The van der Waals surface area contributed by atoms with Gasteiger partial charge in [0.1, 0.15) is 11.8 Å². The molecular weight excluding hydrogens is 298 g/mol. The molecule has 0 N–H and O–H groups in total. The molecule has 1 aromatic carbocycles. The molecule has 0 saturated carbocycles. The van der Waals surface area contributed by atoms with Gasteiger partial charge in [0.25, 0.3) is 0 Å². The average molecular weight is 325 g/mol. The van der Waals surface area contributed by atoms with Crippen molar-refractivity contribution in [3.63, 3.8) is 0 Å². The maximum Gasteiger partial charge on any atom is 0.178 e. The normalized spacial score (nSPS) is 18.0. The zero-order chi connectivity index (χ0) is 18.4. The standard InChI is InChI=1S/C21H27NO2/c1-12-9-14-15(16(11-22)19(23)20(3,4)5)10-21(6,7)17(14)13(2)18(12)24-8/h9H,10H2,1-8H3/b16-15+. The van der Waals surface area contributed by atoms with Gasteiger partial charge >= 0.3 is 0 Å². The summed E-state index contributed by atoms with van der Waals surface area (Å²) in [6.07, 6.45) is 0.695. The fourth-order valence-electron chi connectivity index (χ4n) is 3.87. The third-order valence-electron chi connectivity index (χ3n) is 4.85. The van der Waals surface area contributed by atoms with E-state index in [0.29, 0.717) is 12.0 Å². The van der Waals surface area contributed by atoms with Crippen molar-refractivity contribution in [3.8, 4) is 11.8 Å². The number of nitriles is 1. The molecule has 128 valence electrons.